The van der Waals surface area contributed by atoms with Crippen molar-refractivity contribution in [2.45, 2.75) is 13.8 Å². The maximum atomic E-state index is 13.8. The van der Waals surface area contributed by atoms with Gasteiger partial charge in [-0.1, -0.05) is 12.1 Å². The van der Waals surface area contributed by atoms with Gasteiger partial charge in [0.1, 0.15) is 11.6 Å². The maximum absolute atomic E-state index is 13.8. The quantitative estimate of drug-likeness (QED) is 0.831. The number of rotatable bonds is 4. The number of ether oxygens (including phenoxy) is 1. The van der Waals surface area contributed by atoms with E-state index in [1.807, 2.05) is 26.0 Å². The first-order valence-electron chi connectivity index (χ1n) is 9.07. The van der Waals surface area contributed by atoms with Gasteiger partial charge >= 0.3 is 0 Å². The van der Waals surface area contributed by atoms with Gasteiger partial charge < -0.3 is 14.5 Å². The molecule has 1 saturated heterocycles. The highest BCUT2D eigenvalue weighted by atomic mass is 19.1. The van der Waals surface area contributed by atoms with Gasteiger partial charge in [-0.3, -0.25) is 9.59 Å². The Labute approximate surface area is 158 Å². The van der Waals surface area contributed by atoms with Gasteiger partial charge in [-0.05, 0) is 49.7 Å². The second kappa shape index (κ2) is 8.20. The van der Waals surface area contributed by atoms with E-state index >= 15 is 0 Å². The normalized spacial score (nSPS) is 14.2. The maximum Gasteiger partial charge on any atom is 0.256 e. The number of piperazine rings is 1. The Kier molecular flexibility index (Phi) is 5.74. The number of hydrogen-bond acceptors (Lipinski definition) is 3. The SMILES string of the molecule is CCOc1ccc(C(=O)N2CCN(C(=O)c3ccccc3F)CC2)cc1C. The van der Waals surface area contributed by atoms with Crippen molar-refractivity contribution in [3.8, 4) is 5.75 Å². The van der Waals surface area contributed by atoms with Gasteiger partial charge in [0.05, 0.1) is 12.2 Å². The summed E-state index contributed by atoms with van der Waals surface area (Å²) in [6.45, 7) is 6.01. The van der Waals surface area contributed by atoms with E-state index in [0.29, 0.717) is 38.3 Å². The van der Waals surface area contributed by atoms with Crippen LogP contribution in [0.25, 0.3) is 0 Å². The second-order valence-corrected chi connectivity index (χ2v) is 6.48. The van der Waals surface area contributed by atoms with E-state index < -0.39 is 5.82 Å². The van der Waals surface area contributed by atoms with Crippen LogP contribution in [0, 0.1) is 12.7 Å². The van der Waals surface area contributed by atoms with Crippen LogP contribution in [-0.4, -0.2) is 54.4 Å². The predicted octanol–water partition coefficient (Wildman–Crippen LogP) is 3.13. The second-order valence-electron chi connectivity index (χ2n) is 6.48. The minimum atomic E-state index is -0.522. The van der Waals surface area contributed by atoms with Crippen molar-refractivity contribution in [2.24, 2.45) is 0 Å². The van der Waals surface area contributed by atoms with Crippen LogP contribution in [0.2, 0.25) is 0 Å². The number of nitrogens with zero attached hydrogens (tertiary/aromatic N) is 2. The van der Waals surface area contributed by atoms with Crippen molar-refractivity contribution >= 4 is 11.8 Å². The van der Waals surface area contributed by atoms with Crippen LogP contribution in [0.5, 0.6) is 5.75 Å². The molecule has 27 heavy (non-hydrogen) atoms. The minimum Gasteiger partial charge on any atom is -0.494 e. The molecule has 0 radical (unpaired) electrons. The van der Waals surface area contributed by atoms with Crippen LogP contribution >= 0.6 is 0 Å². The molecule has 0 aromatic heterocycles. The fourth-order valence-electron chi connectivity index (χ4n) is 3.20. The Balaban J connectivity index is 1.63. The summed E-state index contributed by atoms with van der Waals surface area (Å²) in [4.78, 5) is 28.5. The molecule has 142 valence electrons. The van der Waals surface area contributed by atoms with Gasteiger partial charge in [-0.25, -0.2) is 4.39 Å². The molecule has 1 aliphatic heterocycles. The molecule has 2 amide bonds. The standard InChI is InChI=1S/C21H23FN2O3/c1-3-27-19-9-8-16(14-15(19)2)20(25)23-10-12-24(13-11-23)21(26)17-6-4-5-7-18(17)22/h4-9,14H,3,10-13H2,1-2H3. The first-order chi connectivity index (χ1) is 13.0. The number of halogens is 1. The molecule has 0 saturated carbocycles. The average molecular weight is 370 g/mol. The average Bonchev–Trinajstić information content (AvgIpc) is 2.69. The van der Waals surface area contributed by atoms with Crippen molar-refractivity contribution < 1.29 is 18.7 Å². The van der Waals surface area contributed by atoms with Crippen LogP contribution in [0.15, 0.2) is 42.5 Å². The Morgan fingerprint density at radius 3 is 2.22 bits per heavy atom. The molecular weight excluding hydrogens is 347 g/mol. The Morgan fingerprint density at radius 2 is 1.63 bits per heavy atom. The third kappa shape index (κ3) is 4.10. The van der Waals surface area contributed by atoms with Gasteiger partial charge in [0.25, 0.3) is 11.8 Å². The van der Waals surface area contributed by atoms with E-state index in [0.717, 1.165) is 11.3 Å². The minimum absolute atomic E-state index is 0.0689. The summed E-state index contributed by atoms with van der Waals surface area (Å²) in [6, 6.07) is 11.4. The van der Waals surface area contributed by atoms with Crippen LogP contribution in [0.1, 0.15) is 33.2 Å². The van der Waals surface area contributed by atoms with Gasteiger partial charge in [0.2, 0.25) is 0 Å². The molecule has 6 heteroatoms. The first-order valence-corrected chi connectivity index (χ1v) is 9.07. The molecule has 0 aliphatic carbocycles. The van der Waals surface area contributed by atoms with Gasteiger partial charge in [0, 0.05) is 31.7 Å². The molecule has 0 N–H and O–H groups in total. The third-order valence-electron chi connectivity index (χ3n) is 4.68. The fourth-order valence-corrected chi connectivity index (χ4v) is 3.20. The van der Waals surface area contributed by atoms with Crippen molar-refractivity contribution in [3.05, 3.63) is 65.0 Å². The molecule has 0 atom stereocenters. The highest BCUT2D eigenvalue weighted by molar-refractivity contribution is 5.96. The molecule has 0 unspecified atom stereocenters. The van der Waals surface area contributed by atoms with Gasteiger partial charge in [0.15, 0.2) is 0 Å². The molecule has 3 rings (SSSR count). The Hall–Kier alpha value is -2.89. The van der Waals surface area contributed by atoms with Gasteiger partial charge in [-0.2, -0.15) is 0 Å². The lowest BCUT2D eigenvalue weighted by Crippen LogP contribution is -2.50. The molecule has 1 heterocycles. The lowest BCUT2D eigenvalue weighted by molar-refractivity contribution is 0.0532. The summed E-state index contributed by atoms with van der Waals surface area (Å²) >= 11 is 0. The molecule has 0 bridgehead atoms. The van der Waals surface area contributed by atoms with E-state index in [2.05, 4.69) is 0 Å². The summed E-state index contributed by atoms with van der Waals surface area (Å²) in [6.07, 6.45) is 0. The van der Waals surface area contributed by atoms with Crippen molar-refractivity contribution in [2.75, 3.05) is 32.8 Å². The number of benzene rings is 2. The van der Waals surface area contributed by atoms with E-state index in [9.17, 15) is 14.0 Å². The van der Waals surface area contributed by atoms with Crippen LogP contribution in [0.3, 0.4) is 0 Å². The number of carbonyl (C=O) groups excluding carboxylic acids is 2. The molecular formula is C21H23FN2O3. The van der Waals surface area contributed by atoms with Crippen LogP contribution in [0.4, 0.5) is 4.39 Å². The lowest BCUT2D eigenvalue weighted by Gasteiger charge is -2.35. The molecule has 2 aromatic carbocycles. The molecule has 0 spiro atoms. The Bertz CT molecular complexity index is 845. The summed E-state index contributed by atoms with van der Waals surface area (Å²) in [5.74, 6) is -0.156. The van der Waals surface area contributed by atoms with E-state index in [4.69, 9.17) is 4.74 Å². The van der Waals surface area contributed by atoms with Gasteiger partial charge in [-0.15, -0.1) is 0 Å². The summed E-state index contributed by atoms with van der Waals surface area (Å²) < 4.78 is 19.3. The topological polar surface area (TPSA) is 49.9 Å². The van der Waals surface area contributed by atoms with Crippen molar-refractivity contribution in [1.82, 2.24) is 9.80 Å². The molecule has 1 aliphatic rings. The molecule has 1 fully saturated rings. The first kappa shape index (κ1) is 18.9. The Morgan fingerprint density at radius 1 is 1.00 bits per heavy atom. The van der Waals surface area contributed by atoms with E-state index in [1.54, 1.807) is 28.0 Å². The zero-order valence-electron chi connectivity index (χ0n) is 15.6. The van der Waals surface area contributed by atoms with E-state index in [1.165, 1.54) is 12.1 Å². The third-order valence-corrected chi connectivity index (χ3v) is 4.68. The highest BCUT2D eigenvalue weighted by Crippen LogP contribution is 2.21. The largest absolute Gasteiger partial charge is 0.494 e. The smallest absolute Gasteiger partial charge is 0.256 e. The van der Waals surface area contributed by atoms with Crippen LogP contribution in [-0.2, 0) is 0 Å². The van der Waals surface area contributed by atoms with Crippen molar-refractivity contribution in [1.29, 1.82) is 0 Å². The lowest BCUT2D eigenvalue weighted by atomic mass is 10.1. The summed E-state index contributed by atoms with van der Waals surface area (Å²) in [7, 11) is 0. The summed E-state index contributed by atoms with van der Waals surface area (Å²) in [5, 5.41) is 0. The highest BCUT2D eigenvalue weighted by Gasteiger charge is 2.26. The number of amides is 2. The monoisotopic (exact) mass is 370 g/mol. The molecule has 5 nitrogen and oxygen atoms in total. The fraction of sp³-hybridized carbons (Fsp3) is 0.333. The number of carbonyl (C=O) groups is 2. The zero-order chi connectivity index (χ0) is 19.4. The predicted molar refractivity (Wildman–Crippen MR) is 101 cm³/mol. The van der Waals surface area contributed by atoms with Crippen LogP contribution < -0.4 is 4.74 Å². The summed E-state index contributed by atoms with van der Waals surface area (Å²) in [5.41, 5.74) is 1.58. The van der Waals surface area contributed by atoms with Crippen molar-refractivity contribution in [3.63, 3.8) is 0 Å². The number of hydrogen-bond donors (Lipinski definition) is 0. The zero-order valence-corrected chi connectivity index (χ0v) is 15.6. The molecule has 2 aromatic rings. The van der Waals surface area contributed by atoms with E-state index in [-0.39, 0.29) is 17.4 Å². The number of aryl methyl sites for hydroxylation is 1.